The van der Waals surface area contributed by atoms with Crippen molar-refractivity contribution in [3.8, 4) is 33.8 Å². The van der Waals surface area contributed by atoms with E-state index in [1.807, 2.05) is 64.8 Å². The van der Waals surface area contributed by atoms with E-state index in [-0.39, 0.29) is 23.9 Å². The molecule has 404 valence electrons. The lowest BCUT2D eigenvalue weighted by molar-refractivity contribution is -0.127. The lowest BCUT2D eigenvalue weighted by Gasteiger charge is -2.40. The number of ether oxygens (including phenoxy) is 2. The highest BCUT2D eigenvalue weighted by Gasteiger charge is 2.38. The molecule has 0 bridgehead atoms. The van der Waals surface area contributed by atoms with Crippen LogP contribution in [0.4, 0.5) is 23.5 Å². The minimum absolute atomic E-state index is 0.0840. The van der Waals surface area contributed by atoms with E-state index in [0.717, 1.165) is 102 Å². The fraction of sp³-hybridized carbons (Fsp3) is 0.357. The summed E-state index contributed by atoms with van der Waals surface area (Å²) in [6, 6.07) is 12.0. The topological polar surface area (TPSA) is 205 Å². The molecule has 4 aromatic carbocycles. The van der Waals surface area contributed by atoms with Gasteiger partial charge >= 0.3 is 0 Å². The van der Waals surface area contributed by atoms with E-state index in [9.17, 15) is 9.59 Å². The number of likely N-dealkylation sites (N-methyl/N-ethyl adjacent to an activating group) is 2. The van der Waals surface area contributed by atoms with Crippen molar-refractivity contribution in [2.24, 2.45) is 0 Å². The molecule has 8 aromatic rings. The van der Waals surface area contributed by atoms with Gasteiger partial charge in [-0.25, -0.2) is 9.97 Å². The van der Waals surface area contributed by atoms with Gasteiger partial charge < -0.3 is 49.5 Å². The Kier molecular flexibility index (Phi) is 14.5. The molecule has 0 unspecified atom stereocenters. The maximum absolute atomic E-state index is 12.4. The third kappa shape index (κ3) is 9.71. The number of H-pyrrole nitrogens is 2. The number of nitrogens with one attached hydrogen (secondary N) is 4. The van der Waals surface area contributed by atoms with Gasteiger partial charge in [0, 0.05) is 87.3 Å². The molecule has 20 nitrogen and oxygen atoms in total. The van der Waals surface area contributed by atoms with E-state index in [0.29, 0.717) is 99.0 Å². The second kappa shape index (κ2) is 21.6. The molecule has 0 spiro atoms. The lowest BCUT2D eigenvalue weighted by Crippen LogP contribution is -2.56. The quantitative estimate of drug-likeness (QED) is 0.0880. The van der Waals surface area contributed by atoms with Crippen molar-refractivity contribution in [1.29, 1.82) is 0 Å². The molecule has 2 atom stereocenters. The predicted molar refractivity (Wildman–Crippen MR) is 310 cm³/mol. The van der Waals surface area contributed by atoms with E-state index in [4.69, 9.17) is 52.6 Å². The van der Waals surface area contributed by atoms with Crippen molar-refractivity contribution in [3.63, 3.8) is 0 Å². The number of aromatic amines is 2. The molecule has 4 aliphatic rings. The van der Waals surface area contributed by atoms with Crippen molar-refractivity contribution in [2.75, 3.05) is 127 Å². The lowest BCUT2D eigenvalue weighted by atomic mass is 9.95. The Morgan fingerprint density at radius 3 is 1.49 bits per heavy atom. The minimum Gasteiger partial charge on any atom is -0.489 e. The second-order valence-corrected chi connectivity index (χ2v) is 21.4. The molecular formula is C56H62Cl2N16O4. The first-order chi connectivity index (χ1) is 37.7. The van der Waals surface area contributed by atoms with Gasteiger partial charge in [0.05, 0.1) is 67.4 Å². The number of carbonyl (C=O) groups excluding carboxylic acids is 2. The largest absolute Gasteiger partial charge is 0.489 e. The maximum Gasteiger partial charge on any atom is 0.246 e. The Bertz CT molecular complexity index is 3440. The molecule has 8 heterocycles. The summed E-state index contributed by atoms with van der Waals surface area (Å²) in [6.07, 6.45) is 6.36. The molecular weight excluding hydrogens is 1030 g/mol. The summed E-state index contributed by atoms with van der Waals surface area (Å²) in [6.45, 7) is 18.6. The number of rotatable bonds is 12. The van der Waals surface area contributed by atoms with Crippen LogP contribution in [0.15, 0.2) is 74.1 Å². The molecule has 4 N–H and O–H groups in total. The smallest absolute Gasteiger partial charge is 0.246 e. The summed E-state index contributed by atoms with van der Waals surface area (Å²) < 4.78 is 12.9. The number of halogens is 2. The van der Waals surface area contributed by atoms with Gasteiger partial charge in [-0.3, -0.25) is 19.8 Å². The Labute approximate surface area is 461 Å². The number of hydrogen-bond acceptors (Lipinski definition) is 16. The fourth-order valence-corrected chi connectivity index (χ4v) is 11.6. The summed E-state index contributed by atoms with van der Waals surface area (Å²) in [5, 5.41) is 26.0. The number of amides is 2. The number of anilines is 4. The first kappa shape index (κ1) is 52.3. The van der Waals surface area contributed by atoms with Crippen LogP contribution in [0.5, 0.6) is 11.5 Å². The van der Waals surface area contributed by atoms with Crippen LogP contribution >= 0.6 is 23.2 Å². The molecule has 2 amide bonds. The number of nitrogens with zero attached hydrogens (tertiary/aromatic N) is 12. The molecule has 0 saturated carbocycles. The molecule has 78 heavy (non-hydrogen) atoms. The Morgan fingerprint density at radius 2 is 1.09 bits per heavy atom. The molecule has 22 heteroatoms. The predicted octanol–water partition coefficient (Wildman–Crippen LogP) is 7.41. The zero-order valence-electron chi connectivity index (χ0n) is 44.6. The summed E-state index contributed by atoms with van der Waals surface area (Å²) in [5.41, 5.74) is 9.11. The fourth-order valence-electron chi connectivity index (χ4n) is 11.0. The Balaban J connectivity index is 0.000000165. The minimum atomic E-state index is -0.0960. The van der Waals surface area contributed by atoms with Gasteiger partial charge in [0.15, 0.2) is 11.5 Å². The van der Waals surface area contributed by atoms with Crippen LogP contribution in [0.2, 0.25) is 10.0 Å². The van der Waals surface area contributed by atoms with E-state index >= 15 is 0 Å². The highest BCUT2D eigenvalue weighted by Crippen LogP contribution is 2.50. The van der Waals surface area contributed by atoms with Crippen LogP contribution < -0.4 is 29.9 Å². The Morgan fingerprint density at radius 1 is 0.667 bits per heavy atom. The van der Waals surface area contributed by atoms with Gasteiger partial charge in [0.25, 0.3) is 0 Å². The number of aromatic nitrogens is 8. The molecule has 2 saturated heterocycles. The van der Waals surface area contributed by atoms with Crippen molar-refractivity contribution in [3.05, 3.63) is 95.3 Å². The molecule has 0 aliphatic carbocycles. The summed E-state index contributed by atoms with van der Waals surface area (Å²) in [4.78, 5) is 56.9. The van der Waals surface area contributed by atoms with Crippen molar-refractivity contribution in [2.45, 2.75) is 25.9 Å². The second-order valence-electron chi connectivity index (χ2n) is 20.6. The number of piperazine rings is 2. The first-order valence-electron chi connectivity index (χ1n) is 26.0. The SMILES string of the molecule is C=CC(=O)N1CCN2c3nc(NCCN(C)C)nc4cc(-c5c(C)ccc6[nH]ncc56)c(Cl)c(c34)OC[C@@H]2C1.C=CC(=O)N1CCN2c3nc(NCCN(C)C)nc4cc(-c5c(C)ccc6[nH]ncc56)c(Cl)c(c34)OC[C@@H]2C1. The van der Waals surface area contributed by atoms with Crippen LogP contribution in [-0.2, 0) is 9.59 Å². The highest BCUT2D eigenvalue weighted by molar-refractivity contribution is 6.38. The van der Waals surface area contributed by atoms with Crippen molar-refractivity contribution >= 4 is 102 Å². The first-order valence-corrected chi connectivity index (χ1v) is 26.8. The number of fused-ring (bicyclic) bond motifs is 6. The van der Waals surface area contributed by atoms with Gasteiger partial charge in [-0.05, 0) is 101 Å². The Hall–Kier alpha value is -7.78. The van der Waals surface area contributed by atoms with Gasteiger partial charge in [-0.1, -0.05) is 48.5 Å². The third-order valence-electron chi connectivity index (χ3n) is 14.9. The zero-order chi connectivity index (χ0) is 54.5. The van der Waals surface area contributed by atoms with Crippen LogP contribution in [0, 0.1) is 13.8 Å². The normalized spacial score (nSPS) is 16.8. The van der Waals surface area contributed by atoms with Gasteiger partial charge in [0.1, 0.15) is 24.8 Å². The molecule has 2 fully saturated rings. The highest BCUT2D eigenvalue weighted by atomic mass is 35.5. The summed E-state index contributed by atoms with van der Waals surface area (Å²) in [5.74, 6) is 3.58. The molecule has 4 aliphatic heterocycles. The van der Waals surface area contributed by atoms with Crippen LogP contribution in [-0.4, -0.2) is 191 Å². The number of hydrogen-bond donors (Lipinski definition) is 4. The number of benzene rings is 4. The standard InChI is InChI=1S/2C28H31ClN8O2/c2*1-5-22(38)36-10-11-37-17(14-36)15-39-26-24-21(32-28(33-27(24)37)30-8-9-35(3)4)12-18(25(26)29)23-16(2)6-7-20-19(23)13-31-34-20/h2*5-7,12-13,17H,1,8-11,14-15H2,2-4H3,(H,31,34)(H,30,32,33)/t2*17-/m00/s1. The van der Waals surface area contributed by atoms with Crippen molar-refractivity contribution < 1.29 is 19.1 Å². The van der Waals surface area contributed by atoms with Crippen LogP contribution in [0.25, 0.3) is 65.9 Å². The van der Waals surface area contributed by atoms with Crippen molar-refractivity contribution in [1.82, 2.24) is 59.9 Å². The molecule has 4 aromatic heterocycles. The average Bonchev–Trinajstić information content (AvgIpc) is 4.20. The summed E-state index contributed by atoms with van der Waals surface area (Å²) >= 11 is 14.3. The number of aryl methyl sites for hydroxylation is 2. The van der Waals surface area contributed by atoms with Gasteiger partial charge in [-0.2, -0.15) is 20.2 Å². The molecule has 12 rings (SSSR count). The van der Waals surface area contributed by atoms with E-state index < -0.39 is 0 Å². The van der Waals surface area contributed by atoms with Crippen LogP contribution in [0.1, 0.15) is 11.1 Å². The maximum atomic E-state index is 12.4. The third-order valence-corrected chi connectivity index (χ3v) is 15.7. The molecule has 0 radical (unpaired) electrons. The average molecular weight is 1090 g/mol. The number of carbonyl (C=O) groups is 2. The van der Waals surface area contributed by atoms with E-state index in [1.165, 1.54) is 12.2 Å². The summed E-state index contributed by atoms with van der Waals surface area (Å²) in [7, 11) is 8.12. The van der Waals surface area contributed by atoms with Gasteiger partial charge in [-0.15, -0.1) is 0 Å². The monoisotopic (exact) mass is 1090 g/mol. The van der Waals surface area contributed by atoms with E-state index in [2.05, 4.69) is 89.8 Å². The van der Waals surface area contributed by atoms with Crippen LogP contribution in [0.3, 0.4) is 0 Å². The zero-order valence-corrected chi connectivity index (χ0v) is 46.1. The van der Waals surface area contributed by atoms with E-state index in [1.54, 1.807) is 9.80 Å². The van der Waals surface area contributed by atoms with Gasteiger partial charge in [0.2, 0.25) is 23.7 Å².